The van der Waals surface area contributed by atoms with Gasteiger partial charge in [-0.15, -0.1) is 0 Å². The molecule has 0 radical (unpaired) electrons. The highest BCUT2D eigenvalue weighted by molar-refractivity contribution is 6.01. The van der Waals surface area contributed by atoms with Crippen LogP contribution in [0, 0.1) is 12.8 Å². The maximum absolute atomic E-state index is 12.7. The minimum absolute atomic E-state index is 0.0444. The molecular formula is C18H18O. The molecule has 1 unspecified atom stereocenters. The molecule has 0 bridgehead atoms. The number of ketones is 1. The van der Waals surface area contributed by atoms with Gasteiger partial charge >= 0.3 is 0 Å². The van der Waals surface area contributed by atoms with Crippen molar-refractivity contribution in [3.63, 3.8) is 0 Å². The molecular weight excluding hydrogens is 232 g/mol. The third kappa shape index (κ3) is 2.60. The maximum Gasteiger partial charge on any atom is 0.170 e. The number of rotatable bonds is 4. The van der Waals surface area contributed by atoms with Crippen molar-refractivity contribution in [1.29, 1.82) is 0 Å². The molecule has 0 aliphatic heterocycles. The zero-order chi connectivity index (χ0) is 13.2. The lowest BCUT2D eigenvalue weighted by atomic mass is 9.86. The largest absolute Gasteiger partial charge is 0.293 e. The van der Waals surface area contributed by atoms with Gasteiger partial charge in [0, 0.05) is 5.56 Å². The molecule has 1 aliphatic carbocycles. The Balaban J connectivity index is 1.93. The molecule has 0 spiro atoms. The minimum Gasteiger partial charge on any atom is -0.293 e. The summed E-state index contributed by atoms with van der Waals surface area (Å²) in [5.41, 5.74) is 3.24. The van der Waals surface area contributed by atoms with Gasteiger partial charge in [0.25, 0.3) is 0 Å². The third-order valence-electron chi connectivity index (χ3n) is 3.87. The predicted molar refractivity (Wildman–Crippen MR) is 77.4 cm³/mol. The Hall–Kier alpha value is -1.89. The van der Waals surface area contributed by atoms with Gasteiger partial charge in [0.15, 0.2) is 5.78 Å². The van der Waals surface area contributed by atoms with Crippen LogP contribution in [-0.4, -0.2) is 5.78 Å². The lowest BCUT2D eigenvalue weighted by Gasteiger charge is -2.16. The van der Waals surface area contributed by atoms with E-state index in [1.165, 1.54) is 24.0 Å². The van der Waals surface area contributed by atoms with Gasteiger partial charge in [0.2, 0.25) is 0 Å². The first-order valence-corrected chi connectivity index (χ1v) is 6.91. The van der Waals surface area contributed by atoms with Gasteiger partial charge in [-0.1, -0.05) is 60.2 Å². The Bertz CT molecular complexity index is 564. The van der Waals surface area contributed by atoms with E-state index in [1.54, 1.807) is 0 Å². The summed E-state index contributed by atoms with van der Waals surface area (Å²) in [4.78, 5) is 12.7. The molecule has 0 aromatic heterocycles. The van der Waals surface area contributed by atoms with Crippen LogP contribution in [0.15, 0.2) is 54.6 Å². The van der Waals surface area contributed by atoms with Gasteiger partial charge < -0.3 is 0 Å². The average molecular weight is 250 g/mol. The molecule has 1 heteroatoms. The summed E-state index contributed by atoms with van der Waals surface area (Å²) >= 11 is 0. The van der Waals surface area contributed by atoms with Crippen LogP contribution in [0.25, 0.3) is 0 Å². The third-order valence-corrected chi connectivity index (χ3v) is 3.87. The monoisotopic (exact) mass is 250 g/mol. The lowest BCUT2D eigenvalue weighted by Crippen LogP contribution is -2.15. The number of hydrogen-bond acceptors (Lipinski definition) is 1. The van der Waals surface area contributed by atoms with Crippen molar-refractivity contribution in [2.75, 3.05) is 0 Å². The van der Waals surface area contributed by atoms with Crippen molar-refractivity contribution in [2.24, 2.45) is 5.92 Å². The van der Waals surface area contributed by atoms with Gasteiger partial charge in [-0.2, -0.15) is 0 Å². The normalized spacial score (nSPS) is 16.1. The number of aryl methyl sites for hydroxylation is 1. The molecule has 3 rings (SSSR count). The van der Waals surface area contributed by atoms with E-state index in [9.17, 15) is 4.79 Å². The second kappa shape index (κ2) is 5.00. The molecule has 1 atom stereocenters. The molecule has 2 aromatic rings. The summed E-state index contributed by atoms with van der Waals surface area (Å²) in [6.45, 7) is 2.08. The van der Waals surface area contributed by atoms with E-state index in [2.05, 4.69) is 31.2 Å². The first-order valence-electron chi connectivity index (χ1n) is 6.91. The first kappa shape index (κ1) is 12.2. The van der Waals surface area contributed by atoms with E-state index in [4.69, 9.17) is 0 Å². The summed E-state index contributed by atoms with van der Waals surface area (Å²) in [6.07, 6.45) is 2.36. The second-order valence-corrected chi connectivity index (χ2v) is 5.46. The summed E-state index contributed by atoms with van der Waals surface area (Å²) in [7, 11) is 0. The predicted octanol–water partition coefficient (Wildman–Crippen LogP) is 4.37. The van der Waals surface area contributed by atoms with Crippen LogP contribution in [0.1, 0.15) is 40.2 Å². The molecule has 1 saturated carbocycles. The fourth-order valence-corrected chi connectivity index (χ4v) is 2.62. The molecule has 0 N–H and O–H groups in total. The van der Waals surface area contributed by atoms with Gasteiger partial charge in [0.1, 0.15) is 0 Å². The number of Topliss-reactive ketones (excluding diaryl/α,β-unsaturated/α-hetero) is 1. The van der Waals surface area contributed by atoms with Crippen molar-refractivity contribution in [2.45, 2.75) is 25.7 Å². The van der Waals surface area contributed by atoms with Crippen molar-refractivity contribution in [3.05, 3.63) is 71.3 Å². The first-order chi connectivity index (χ1) is 9.25. The van der Waals surface area contributed by atoms with Crippen LogP contribution < -0.4 is 0 Å². The molecule has 2 aromatic carbocycles. The van der Waals surface area contributed by atoms with Gasteiger partial charge in [-0.05, 0) is 31.2 Å². The van der Waals surface area contributed by atoms with Gasteiger partial charge in [-0.25, -0.2) is 0 Å². The Kier molecular flexibility index (Phi) is 3.20. The topological polar surface area (TPSA) is 17.1 Å². The molecule has 1 aliphatic rings. The Morgan fingerprint density at radius 2 is 1.63 bits per heavy atom. The molecule has 1 fully saturated rings. The number of carbonyl (C=O) groups excluding carboxylic acids is 1. The zero-order valence-electron chi connectivity index (χ0n) is 11.2. The highest BCUT2D eigenvalue weighted by atomic mass is 16.1. The highest BCUT2D eigenvalue weighted by Crippen LogP contribution is 2.44. The van der Waals surface area contributed by atoms with Crippen molar-refractivity contribution in [1.82, 2.24) is 0 Å². The average Bonchev–Trinajstić information content (AvgIpc) is 3.27. The Morgan fingerprint density at radius 1 is 1.00 bits per heavy atom. The van der Waals surface area contributed by atoms with E-state index in [-0.39, 0.29) is 11.7 Å². The van der Waals surface area contributed by atoms with Crippen LogP contribution in [0.2, 0.25) is 0 Å². The van der Waals surface area contributed by atoms with Crippen molar-refractivity contribution in [3.8, 4) is 0 Å². The number of hydrogen-bond donors (Lipinski definition) is 0. The standard InChI is InChI=1S/C18H18O/c1-13-7-9-14(10-8-13)17(15-11-12-15)18(19)16-5-3-2-4-6-16/h2-10,15,17H,11-12H2,1H3. The minimum atomic E-state index is 0.0444. The van der Waals surface area contributed by atoms with Crippen LogP contribution in [-0.2, 0) is 0 Å². The molecule has 19 heavy (non-hydrogen) atoms. The summed E-state index contributed by atoms with van der Waals surface area (Å²) < 4.78 is 0. The Morgan fingerprint density at radius 3 is 2.21 bits per heavy atom. The molecule has 1 nitrogen and oxygen atoms in total. The highest BCUT2D eigenvalue weighted by Gasteiger charge is 2.37. The summed E-state index contributed by atoms with van der Waals surface area (Å²) in [5.74, 6) is 0.852. The smallest absolute Gasteiger partial charge is 0.170 e. The van der Waals surface area contributed by atoms with E-state index >= 15 is 0 Å². The van der Waals surface area contributed by atoms with Crippen LogP contribution in [0.3, 0.4) is 0 Å². The fourth-order valence-electron chi connectivity index (χ4n) is 2.62. The summed E-state index contributed by atoms with van der Waals surface area (Å²) in [6, 6.07) is 18.1. The van der Waals surface area contributed by atoms with Crippen LogP contribution in [0.5, 0.6) is 0 Å². The van der Waals surface area contributed by atoms with Gasteiger partial charge in [-0.3, -0.25) is 4.79 Å². The molecule has 0 saturated heterocycles. The number of carbonyl (C=O) groups is 1. The Labute approximate surface area is 114 Å². The van der Waals surface area contributed by atoms with Crippen LogP contribution >= 0.6 is 0 Å². The lowest BCUT2D eigenvalue weighted by molar-refractivity contribution is 0.0949. The van der Waals surface area contributed by atoms with E-state index in [0.717, 1.165) is 5.56 Å². The van der Waals surface area contributed by atoms with Crippen molar-refractivity contribution < 1.29 is 4.79 Å². The van der Waals surface area contributed by atoms with E-state index in [1.807, 2.05) is 30.3 Å². The maximum atomic E-state index is 12.7. The van der Waals surface area contributed by atoms with Crippen molar-refractivity contribution >= 4 is 5.78 Å². The van der Waals surface area contributed by atoms with Gasteiger partial charge in [0.05, 0.1) is 5.92 Å². The molecule has 96 valence electrons. The van der Waals surface area contributed by atoms with E-state index < -0.39 is 0 Å². The van der Waals surface area contributed by atoms with Crippen LogP contribution in [0.4, 0.5) is 0 Å². The number of benzene rings is 2. The summed E-state index contributed by atoms with van der Waals surface area (Å²) in [5, 5.41) is 0. The SMILES string of the molecule is Cc1ccc(C(C(=O)c2ccccc2)C2CC2)cc1. The quantitative estimate of drug-likeness (QED) is 0.736. The molecule has 0 heterocycles. The second-order valence-electron chi connectivity index (χ2n) is 5.46. The van der Waals surface area contributed by atoms with E-state index in [0.29, 0.717) is 5.92 Å². The molecule has 0 amide bonds. The fraction of sp³-hybridized carbons (Fsp3) is 0.278. The zero-order valence-corrected chi connectivity index (χ0v) is 11.2.